The van der Waals surface area contributed by atoms with Crippen molar-refractivity contribution in [3.8, 4) is 11.5 Å². The van der Waals surface area contributed by atoms with Crippen LogP contribution in [0.3, 0.4) is 0 Å². The molecule has 3 rings (SSSR count). The summed E-state index contributed by atoms with van der Waals surface area (Å²) in [5.74, 6) is 2.42. The maximum Gasteiger partial charge on any atom is 0.231 e. The summed E-state index contributed by atoms with van der Waals surface area (Å²) < 4.78 is 16.0. The number of hydrogen-bond donors (Lipinski definition) is 0. The van der Waals surface area contributed by atoms with Crippen molar-refractivity contribution >= 4 is 0 Å². The lowest BCUT2D eigenvalue weighted by molar-refractivity contribution is 0.174. The summed E-state index contributed by atoms with van der Waals surface area (Å²) >= 11 is 0. The van der Waals surface area contributed by atoms with Crippen molar-refractivity contribution in [1.82, 2.24) is 0 Å². The Kier molecular flexibility index (Phi) is 2.25. The first-order valence-corrected chi connectivity index (χ1v) is 5.38. The topological polar surface area (TPSA) is 27.7 Å². The number of fused-ring (bicyclic) bond motifs is 1. The van der Waals surface area contributed by atoms with Crippen molar-refractivity contribution in [2.24, 2.45) is 5.92 Å². The Labute approximate surface area is 89.0 Å². The molecule has 1 aromatic rings. The Morgan fingerprint density at radius 3 is 3.00 bits per heavy atom. The van der Waals surface area contributed by atoms with Gasteiger partial charge in [0.25, 0.3) is 0 Å². The average Bonchev–Trinajstić information content (AvgIpc) is 2.87. The van der Waals surface area contributed by atoms with Crippen LogP contribution in [-0.2, 0) is 11.2 Å². The zero-order chi connectivity index (χ0) is 10.1. The summed E-state index contributed by atoms with van der Waals surface area (Å²) in [7, 11) is 0. The van der Waals surface area contributed by atoms with Crippen LogP contribution < -0.4 is 9.47 Å². The monoisotopic (exact) mass is 206 g/mol. The molecular formula is C12H14O3. The van der Waals surface area contributed by atoms with Gasteiger partial charge in [0.2, 0.25) is 6.79 Å². The molecule has 15 heavy (non-hydrogen) atoms. The number of rotatable bonds is 2. The normalized spacial score (nSPS) is 23.3. The van der Waals surface area contributed by atoms with E-state index in [0.29, 0.717) is 12.7 Å². The molecule has 2 heterocycles. The van der Waals surface area contributed by atoms with Gasteiger partial charge < -0.3 is 14.2 Å². The Balaban J connectivity index is 1.75. The molecule has 0 aliphatic carbocycles. The molecule has 1 saturated heterocycles. The molecule has 1 unspecified atom stereocenters. The molecule has 0 radical (unpaired) electrons. The highest BCUT2D eigenvalue weighted by atomic mass is 16.7. The Morgan fingerprint density at radius 1 is 1.20 bits per heavy atom. The zero-order valence-electron chi connectivity index (χ0n) is 8.57. The van der Waals surface area contributed by atoms with Crippen LogP contribution in [0.2, 0.25) is 0 Å². The van der Waals surface area contributed by atoms with Gasteiger partial charge in [-0.05, 0) is 36.5 Å². The zero-order valence-corrected chi connectivity index (χ0v) is 8.57. The average molecular weight is 206 g/mol. The van der Waals surface area contributed by atoms with Crippen LogP contribution in [0.4, 0.5) is 0 Å². The molecule has 0 saturated carbocycles. The highest BCUT2D eigenvalue weighted by molar-refractivity contribution is 5.44. The third-order valence-corrected chi connectivity index (χ3v) is 2.99. The standard InChI is InChI=1S/C12H14O3/c1-2-11-12(15-8-14-11)6-9(1)5-10-3-4-13-7-10/h1-2,6,10H,3-5,7-8H2. The highest BCUT2D eigenvalue weighted by Gasteiger charge is 2.18. The quantitative estimate of drug-likeness (QED) is 0.740. The van der Waals surface area contributed by atoms with Gasteiger partial charge in [-0.2, -0.15) is 0 Å². The van der Waals surface area contributed by atoms with Crippen LogP contribution in [0.1, 0.15) is 12.0 Å². The minimum absolute atomic E-state index is 0.353. The van der Waals surface area contributed by atoms with Crippen LogP contribution in [0, 0.1) is 5.92 Å². The van der Waals surface area contributed by atoms with Gasteiger partial charge in [-0.1, -0.05) is 6.07 Å². The molecule has 1 atom stereocenters. The second-order valence-electron chi connectivity index (χ2n) is 4.12. The lowest BCUT2D eigenvalue weighted by Crippen LogP contribution is -2.03. The van der Waals surface area contributed by atoms with E-state index in [0.717, 1.165) is 31.1 Å². The molecule has 0 aromatic heterocycles. The summed E-state index contributed by atoms with van der Waals surface area (Å²) in [6.45, 7) is 2.16. The van der Waals surface area contributed by atoms with E-state index in [1.165, 1.54) is 12.0 Å². The van der Waals surface area contributed by atoms with E-state index in [1.54, 1.807) is 0 Å². The van der Waals surface area contributed by atoms with Gasteiger partial charge in [0, 0.05) is 13.2 Å². The molecule has 80 valence electrons. The molecule has 1 aromatic carbocycles. The van der Waals surface area contributed by atoms with Gasteiger partial charge in [0.05, 0.1) is 0 Å². The maximum atomic E-state index is 5.37. The molecule has 3 nitrogen and oxygen atoms in total. The van der Waals surface area contributed by atoms with E-state index < -0.39 is 0 Å². The predicted octanol–water partition coefficient (Wildman–Crippen LogP) is 1.99. The van der Waals surface area contributed by atoms with Crippen molar-refractivity contribution < 1.29 is 14.2 Å². The largest absolute Gasteiger partial charge is 0.454 e. The van der Waals surface area contributed by atoms with Crippen molar-refractivity contribution in [3.05, 3.63) is 23.8 Å². The fourth-order valence-corrected chi connectivity index (χ4v) is 2.15. The van der Waals surface area contributed by atoms with Crippen LogP contribution in [-0.4, -0.2) is 20.0 Å². The Hall–Kier alpha value is -1.22. The van der Waals surface area contributed by atoms with Gasteiger partial charge in [-0.25, -0.2) is 0 Å². The second-order valence-corrected chi connectivity index (χ2v) is 4.12. The van der Waals surface area contributed by atoms with Gasteiger partial charge in [-0.3, -0.25) is 0 Å². The first-order chi connectivity index (χ1) is 7.42. The first kappa shape index (κ1) is 9.04. The molecule has 3 heteroatoms. The van der Waals surface area contributed by atoms with E-state index in [4.69, 9.17) is 14.2 Å². The summed E-state index contributed by atoms with van der Waals surface area (Å²) in [6, 6.07) is 6.19. The molecular weight excluding hydrogens is 192 g/mol. The lowest BCUT2D eigenvalue weighted by atomic mass is 9.98. The molecule has 1 fully saturated rings. The first-order valence-electron chi connectivity index (χ1n) is 5.38. The van der Waals surface area contributed by atoms with Crippen LogP contribution in [0.15, 0.2) is 18.2 Å². The van der Waals surface area contributed by atoms with E-state index in [1.807, 2.05) is 6.07 Å². The van der Waals surface area contributed by atoms with Crippen molar-refractivity contribution in [2.75, 3.05) is 20.0 Å². The Morgan fingerprint density at radius 2 is 2.13 bits per heavy atom. The lowest BCUT2D eigenvalue weighted by Gasteiger charge is -2.07. The van der Waals surface area contributed by atoms with Crippen LogP contribution >= 0.6 is 0 Å². The number of hydrogen-bond acceptors (Lipinski definition) is 3. The molecule has 0 amide bonds. The Bertz CT molecular complexity index is 356. The third-order valence-electron chi connectivity index (χ3n) is 2.99. The minimum atomic E-state index is 0.353. The van der Waals surface area contributed by atoms with Crippen molar-refractivity contribution in [3.63, 3.8) is 0 Å². The minimum Gasteiger partial charge on any atom is -0.454 e. The summed E-state index contributed by atoms with van der Waals surface area (Å²) in [4.78, 5) is 0. The molecule has 2 aliphatic heterocycles. The van der Waals surface area contributed by atoms with Gasteiger partial charge >= 0.3 is 0 Å². The highest BCUT2D eigenvalue weighted by Crippen LogP contribution is 2.33. The second kappa shape index (κ2) is 3.74. The summed E-state index contributed by atoms with van der Waals surface area (Å²) in [6.07, 6.45) is 2.26. The molecule has 0 spiro atoms. The van der Waals surface area contributed by atoms with Crippen LogP contribution in [0.25, 0.3) is 0 Å². The van der Waals surface area contributed by atoms with E-state index >= 15 is 0 Å². The van der Waals surface area contributed by atoms with Gasteiger partial charge in [0.15, 0.2) is 11.5 Å². The predicted molar refractivity (Wildman–Crippen MR) is 55.2 cm³/mol. The SMILES string of the molecule is c1cc2c(cc1CC1CCOC1)OCO2. The van der Waals surface area contributed by atoms with Gasteiger partial charge in [0.1, 0.15) is 0 Å². The van der Waals surface area contributed by atoms with E-state index in [2.05, 4.69) is 12.1 Å². The van der Waals surface area contributed by atoms with Crippen molar-refractivity contribution in [1.29, 1.82) is 0 Å². The number of benzene rings is 1. The van der Waals surface area contributed by atoms with E-state index in [-0.39, 0.29) is 0 Å². The van der Waals surface area contributed by atoms with Crippen LogP contribution in [0.5, 0.6) is 11.5 Å². The fraction of sp³-hybridized carbons (Fsp3) is 0.500. The smallest absolute Gasteiger partial charge is 0.231 e. The summed E-state index contributed by atoms with van der Waals surface area (Å²) in [5.41, 5.74) is 1.31. The van der Waals surface area contributed by atoms with Gasteiger partial charge in [-0.15, -0.1) is 0 Å². The third kappa shape index (κ3) is 1.79. The maximum absolute atomic E-state index is 5.37. The molecule has 0 bridgehead atoms. The fourth-order valence-electron chi connectivity index (χ4n) is 2.15. The number of ether oxygens (including phenoxy) is 3. The van der Waals surface area contributed by atoms with E-state index in [9.17, 15) is 0 Å². The summed E-state index contributed by atoms with van der Waals surface area (Å²) in [5, 5.41) is 0. The van der Waals surface area contributed by atoms with Crippen molar-refractivity contribution in [2.45, 2.75) is 12.8 Å². The molecule has 0 N–H and O–H groups in total. The molecule has 2 aliphatic rings.